The highest BCUT2D eigenvalue weighted by Gasteiger charge is 2.16. The zero-order valence-electron chi connectivity index (χ0n) is 28.4. The van der Waals surface area contributed by atoms with Gasteiger partial charge in [0.25, 0.3) is 0 Å². The van der Waals surface area contributed by atoms with Crippen LogP contribution in [0, 0.1) is 6.92 Å². The molecule has 4 heterocycles. The molecule has 1 aliphatic rings. The Labute approximate surface area is 293 Å². The molecule has 0 radical (unpaired) electrons. The number of aryl methyl sites for hydroxylation is 1. The first-order chi connectivity index (χ1) is 24.9. The number of nitrogens with one attached hydrogen (secondary N) is 3. The summed E-state index contributed by atoms with van der Waals surface area (Å²) >= 11 is 0. The van der Waals surface area contributed by atoms with Crippen molar-refractivity contribution in [3.05, 3.63) is 114 Å². The van der Waals surface area contributed by atoms with Gasteiger partial charge in [-0.15, -0.1) is 0 Å². The molecule has 1 aliphatic heterocycles. The van der Waals surface area contributed by atoms with Gasteiger partial charge >= 0.3 is 0 Å². The molecule has 5 aromatic carbocycles. The SMILES string of the molecule is COc1ccc2cc(-c3n[nH]c4ccc(-c5n[nH]c(CN6CCCC6)n5)cc34)ccc2c1.Cc1ccc(-c2n[nH]c3ccc(C(N)=O)cc23)cc1. The summed E-state index contributed by atoms with van der Waals surface area (Å²) in [7, 11) is 1.69. The lowest BCUT2D eigenvalue weighted by Crippen LogP contribution is -2.19. The lowest BCUT2D eigenvalue weighted by Gasteiger charge is -2.11. The fourth-order valence-corrected chi connectivity index (χ4v) is 6.62. The fraction of sp³-hybridized carbons (Fsp3) is 0.175. The Hall–Kier alpha value is -6.33. The molecule has 1 amide bonds. The van der Waals surface area contributed by atoms with Crippen molar-refractivity contribution in [2.45, 2.75) is 26.3 Å². The Bertz CT molecular complexity index is 2510. The van der Waals surface area contributed by atoms with Crippen molar-refractivity contribution in [3.63, 3.8) is 0 Å². The van der Waals surface area contributed by atoms with Crippen LogP contribution in [0.25, 0.3) is 66.5 Å². The summed E-state index contributed by atoms with van der Waals surface area (Å²) in [5, 5.41) is 26.9. The van der Waals surface area contributed by atoms with Crippen LogP contribution < -0.4 is 10.5 Å². The molecule has 0 bridgehead atoms. The van der Waals surface area contributed by atoms with Gasteiger partial charge < -0.3 is 10.5 Å². The smallest absolute Gasteiger partial charge is 0.248 e. The average Bonchev–Trinajstić information content (AvgIpc) is 3.99. The van der Waals surface area contributed by atoms with Gasteiger partial charge in [0.15, 0.2) is 5.82 Å². The molecule has 8 aromatic rings. The Morgan fingerprint density at radius 2 is 1.37 bits per heavy atom. The van der Waals surface area contributed by atoms with E-state index in [1.54, 1.807) is 19.2 Å². The van der Waals surface area contributed by atoms with Crippen LogP contribution in [0.2, 0.25) is 0 Å². The van der Waals surface area contributed by atoms with Crippen molar-refractivity contribution in [1.82, 2.24) is 40.5 Å². The number of hydrogen-bond donors (Lipinski definition) is 4. The first kappa shape index (κ1) is 31.9. The summed E-state index contributed by atoms with van der Waals surface area (Å²) in [6.45, 7) is 5.14. The van der Waals surface area contributed by atoms with Gasteiger partial charge in [-0.1, -0.05) is 48.0 Å². The van der Waals surface area contributed by atoms with E-state index < -0.39 is 5.91 Å². The number of rotatable bonds is 7. The van der Waals surface area contributed by atoms with Crippen molar-refractivity contribution in [2.24, 2.45) is 5.73 Å². The second-order valence-electron chi connectivity index (χ2n) is 12.9. The molecular formula is C40H37N9O2. The van der Waals surface area contributed by atoms with E-state index in [4.69, 9.17) is 15.5 Å². The van der Waals surface area contributed by atoms with E-state index in [2.05, 4.69) is 65.8 Å². The summed E-state index contributed by atoms with van der Waals surface area (Å²) in [6, 6.07) is 32.1. The summed E-state index contributed by atoms with van der Waals surface area (Å²) in [6.07, 6.45) is 2.53. The number of primary amides is 1. The number of nitrogens with two attached hydrogens (primary N) is 1. The van der Waals surface area contributed by atoms with Crippen molar-refractivity contribution in [3.8, 4) is 39.7 Å². The zero-order valence-corrected chi connectivity index (χ0v) is 28.4. The second-order valence-corrected chi connectivity index (χ2v) is 12.9. The lowest BCUT2D eigenvalue weighted by atomic mass is 10.0. The van der Waals surface area contributed by atoms with E-state index in [0.29, 0.717) is 5.56 Å². The number of aromatic nitrogens is 7. The first-order valence-corrected chi connectivity index (χ1v) is 17.0. The molecule has 5 N–H and O–H groups in total. The van der Waals surface area contributed by atoms with Crippen LogP contribution in [-0.2, 0) is 6.54 Å². The van der Waals surface area contributed by atoms with Crippen molar-refractivity contribution in [1.29, 1.82) is 0 Å². The van der Waals surface area contributed by atoms with E-state index in [0.717, 1.165) is 97.7 Å². The predicted octanol–water partition coefficient (Wildman–Crippen LogP) is 7.41. The number of carbonyl (C=O) groups excluding carboxylic acids is 1. The quantitative estimate of drug-likeness (QED) is 0.137. The minimum absolute atomic E-state index is 0.432. The molecule has 1 saturated heterocycles. The molecule has 254 valence electrons. The number of methoxy groups -OCH3 is 1. The van der Waals surface area contributed by atoms with Crippen LogP contribution in [0.5, 0.6) is 5.75 Å². The molecule has 11 heteroatoms. The highest BCUT2D eigenvalue weighted by Crippen LogP contribution is 2.32. The summed E-state index contributed by atoms with van der Waals surface area (Å²) in [4.78, 5) is 18.4. The molecular weight excluding hydrogens is 639 g/mol. The fourth-order valence-electron chi connectivity index (χ4n) is 6.62. The molecule has 11 nitrogen and oxygen atoms in total. The molecule has 51 heavy (non-hydrogen) atoms. The monoisotopic (exact) mass is 675 g/mol. The number of H-pyrrole nitrogens is 3. The highest BCUT2D eigenvalue weighted by atomic mass is 16.5. The summed E-state index contributed by atoms with van der Waals surface area (Å²) < 4.78 is 5.34. The van der Waals surface area contributed by atoms with Gasteiger partial charge in [-0.05, 0) is 98.2 Å². The Balaban J connectivity index is 0.000000168. The van der Waals surface area contributed by atoms with E-state index in [9.17, 15) is 4.79 Å². The molecule has 0 unspecified atom stereocenters. The number of nitrogens with zero attached hydrogens (tertiary/aromatic N) is 5. The van der Waals surface area contributed by atoms with Gasteiger partial charge in [-0.2, -0.15) is 15.3 Å². The van der Waals surface area contributed by atoms with Crippen LogP contribution in [0.1, 0.15) is 34.6 Å². The van der Waals surface area contributed by atoms with E-state index in [1.165, 1.54) is 18.4 Å². The molecule has 1 fully saturated rings. The van der Waals surface area contributed by atoms with E-state index >= 15 is 0 Å². The number of fused-ring (bicyclic) bond motifs is 3. The maximum absolute atomic E-state index is 11.3. The maximum atomic E-state index is 11.3. The highest BCUT2D eigenvalue weighted by molar-refractivity contribution is 6.01. The van der Waals surface area contributed by atoms with Crippen LogP contribution in [0.15, 0.2) is 97.1 Å². The Morgan fingerprint density at radius 1 is 0.725 bits per heavy atom. The minimum atomic E-state index is -0.432. The number of benzene rings is 5. The van der Waals surface area contributed by atoms with Gasteiger partial charge in [0.2, 0.25) is 5.91 Å². The Kier molecular flexibility index (Phi) is 8.46. The van der Waals surface area contributed by atoms with Gasteiger partial charge in [0.05, 0.1) is 36.1 Å². The van der Waals surface area contributed by atoms with Crippen molar-refractivity contribution in [2.75, 3.05) is 20.2 Å². The largest absolute Gasteiger partial charge is 0.497 e. The number of amides is 1. The van der Waals surface area contributed by atoms with Gasteiger partial charge in [0, 0.05) is 33.0 Å². The van der Waals surface area contributed by atoms with Crippen LogP contribution in [0.3, 0.4) is 0 Å². The van der Waals surface area contributed by atoms with Crippen molar-refractivity contribution < 1.29 is 9.53 Å². The normalized spacial score (nSPS) is 13.1. The third kappa shape index (κ3) is 6.54. The number of ether oxygens (including phenoxy) is 1. The first-order valence-electron chi connectivity index (χ1n) is 17.0. The number of carbonyl (C=O) groups is 1. The lowest BCUT2D eigenvalue weighted by molar-refractivity contribution is 0.100. The number of aromatic amines is 3. The Morgan fingerprint density at radius 3 is 2.12 bits per heavy atom. The van der Waals surface area contributed by atoms with E-state index in [1.807, 2.05) is 61.5 Å². The van der Waals surface area contributed by atoms with Crippen LogP contribution in [0.4, 0.5) is 0 Å². The topological polar surface area (TPSA) is 154 Å². The molecule has 3 aromatic heterocycles. The van der Waals surface area contributed by atoms with Gasteiger partial charge in [0.1, 0.15) is 11.6 Å². The predicted molar refractivity (Wildman–Crippen MR) is 200 cm³/mol. The van der Waals surface area contributed by atoms with Gasteiger partial charge in [-0.3, -0.25) is 25.0 Å². The summed E-state index contributed by atoms with van der Waals surface area (Å²) in [5.74, 6) is 2.06. The summed E-state index contributed by atoms with van der Waals surface area (Å²) in [5.41, 5.74) is 13.7. The molecule has 0 saturated carbocycles. The van der Waals surface area contributed by atoms with E-state index in [-0.39, 0.29) is 0 Å². The molecule has 0 atom stereocenters. The zero-order chi connectivity index (χ0) is 34.9. The minimum Gasteiger partial charge on any atom is -0.497 e. The molecule has 9 rings (SSSR count). The standard InChI is InChI=1S/C25H24N6O.C15H13N3O/c1-32-20-8-6-16-12-18(5-4-17(16)13-20)24-21-14-19(7-9-22(21)27-29-24)25-26-23(28-30-25)15-31-10-2-3-11-31;1-9-2-4-10(5-3-9)14-12-8-11(15(16)19)6-7-13(12)17-18-14/h4-9,12-14H,2-3,10-11,15H2,1H3,(H,27,29)(H,26,28,30);2-8H,1H3,(H2,16,19)(H,17,18). The third-order valence-corrected chi connectivity index (χ3v) is 9.42. The van der Waals surface area contributed by atoms with Crippen LogP contribution in [-0.4, -0.2) is 66.6 Å². The number of likely N-dealkylation sites (tertiary alicyclic amines) is 1. The maximum Gasteiger partial charge on any atom is 0.248 e. The van der Waals surface area contributed by atoms with Crippen molar-refractivity contribution >= 4 is 38.5 Å². The molecule has 0 aliphatic carbocycles. The van der Waals surface area contributed by atoms with Crippen LogP contribution >= 0.6 is 0 Å². The average molecular weight is 676 g/mol. The number of hydrogen-bond acceptors (Lipinski definition) is 7. The second kappa shape index (κ2) is 13.5. The molecule has 0 spiro atoms. The van der Waals surface area contributed by atoms with Gasteiger partial charge in [-0.25, -0.2) is 4.98 Å². The third-order valence-electron chi connectivity index (χ3n) is 9.42.